The van der Waals surface area contributed by atoms with E-state index in [9.17, 15) is 4.79 Å². The molecule has 2 N–H and O–H groups in total. The van der Waals surface area contributed by atoms with Crippen molar-refractivity contribution < 1.29 is 19.7 Å². The van der Waals surface area contributed by atoms with Crippen LogP contribution in [0.15, 0.2) is 24.3 Å². The zero-order valence-electron chi connectivity index (χ0n) is 9.50. The Morgan fingerprint density at radius 2 is 1.94 bits per heavy atom. The summed E-state index contributed by atoms with van der Waals surface area (Å²) in [6.07, 6.45) is 3.06. The van der Waals surface area contributed by atoms with Crippen LogP contribution in [0.1, 0.15) is 25.7 Å². The van der Waals surface area contributed by atoms with Crippen LogP contribution in [0.25, 0.3) is 0 Å². The monoisotopic (exact) mass is 236 g/mol. The van der Waals surface area contributed by atoms with Gasteiger partial charge in [0.15, 0.2) is 0 Å². The summed E-state index contributed by atoms with van der Waals surface area (Å²) < 4.78 is 5.72. The van der Waals surface area contributed by atoms with Crippen LogP contribution in [0, 0.1) is 5.92 Å². The summed E-state index contributed by atoms with van der Waals surface area (Å²) in [6.45, 7) is 0. The minimum atomic E-state index is -0.732. The Hall–Kier alpha value is -1.71. The average molecular weight is 236 g/mol. The van der Waals surface area contributed by atoms with Gasteiger partial charge in [0.05, 0.1) is 12.0 Å². The second-order valence-electron chi connectivity index (χ2n) is 4.44. The number of phenols is 1. The largest absolute Gasteiger partial charge is 0.508 e. The number of aliphatic carboxylic acids is 1. The minimum Gasteiger partial charge on any atom is -0.508 e. The maximum absolute atomic E-state index is 10.9. The fraction of sp³-hybridized carbons (Fsp3) is 0.462. The molecule has 1 fully saturated rings. The Morgan fingerprint density at radius 1 is 1.24 bits per heavy atom. The van der Waals surface area contributed by atoms with Crippen LogP contribution >= 0.6 is 0 Å². The van der Waals surface area contributed by atoms with Crippen molar-refractivity contribution in [2.75, 3.05) is 0 Å². The fourth-order valence-electron chi connectivity index (χ4n) is 2.19. The maximum atomic E-state index is 10.9. The van der Waals surface area contributed by atoms with Crippen LogP contribution in [0.3, 0.4) is 0 Å². The molecule has 0 aromatic heterocycles. The van der Waals surface area contributed by atoms with Gasteiger partial charge in [0.25, 0.3) is 0 Å². The highest BCUT2D eigenvalue weighted by Gasteiger charge is 2.27. The fourth-order valence-corrected chi connectivity index (χ4v) is 2.19. The lowest BCUT2D eigenvalue weighted by molar-refractivity contribution is -0.143. The molecule has 1 aliphatic carbocycles. The van der Waals surface area contributed by atoms with Crippen LogP contribution in [-0.2, 0) is 4.79 Å². The number of carboxylic acids is 1. The molecule has 1 saturated carbocycles. The van der Waals surface area contributed by atoms with Crippen molar-refractivity contribution in [3.05, 3.63) is 24.3 Å². The van der Waals surface area contributed by atoms with Crippen molar-refractivity contribution in [2.45, 2.75) is 31.8 Å². The molecule has 0 saturated heterocycles. The highest BCUT2D eigenvalue weighted by molar-refractivity contribution is 5.70. The maximum Gasteiger partial charge on any atom is 0.306 e. The summed E-state index contributed by atoms with van der Waals surface area (Å²) in [4.78, 5) is 10.9. The SMILES string of the molecule is O=C(O)C1CCCC(Oc2ccc(O)cc2)C1. The van der Waals surface area contributed by atoms with Gasteiger partial charge in [-0.3, -0.25) is 4.79 Å². The van der Waals surface area contributed by atoms with Gasteiger partial charge in [0.1, 0.15) is 11.5 Å². The molecule has 1 aromatic rings. The Kier molecular flexibility index (Phi) is 3.52. The Bertz CT molecular complexity index is 385. The molecule has 4 nitrogen and oxygen atoms in total. The predicted octanol–water partition coefficient (Wildman–Crippen LogP) is 2.41. The van der Waals surface area contributed by atoms with Crippen LogP contribution in [0.2, 0.25) is 0 Å². The zero-order chi connectivity index (χ0) is 12.3. The Labute approximate surface area is 99.8 Å². The number of carboxylic acid groups (broad SMARTS) is 1. The standard InChI is InChI=1S/C13H16O4/c14-10-4-6-11(7-5-10)17-12-3-1-2-9(8-12)13(15)16/h4-7,9,12,14H,1-3,8H2,(H,15,16). The molecule has 0 spiro atoms. The van der Waals surface area contributed by atoms with E-state index in [1.165, 1.54) is 0 Å². The van der Waals surface area contributed by atoms with Crippen molar-refractivity contribution >= 4 is 5.97 Å². The van der Waals surface area contributed by atoms with Gasteiger partial charge in [-0.1, -0.05) is 0 Å². The summed E-state index contributed by atoms with van der Waals surface area (Å²) in [5.41, 5.74) is 0. The van der Waals surface area contributed by atoms with Gasteiger partial charge >= 0.3 is 5.97 Å². The van der Waals surface area contributed by atoms with Crippen LogP contribution in [0.4, 0.5) is 0 Å². The van der Waals surface area contributed by atoms with E-state index in [0.717, 1.165) is 19.3 Å². The molecule has 0 bridgehead atoms. The highest BCUT2D eigenvalue weighted by atomic mass is 16.5. The smallest absolute Gasteiger partial charge is 0.306 e. The average Bonchev–Trinajstić information content (AvgIpc) is 2.32. The van der Waals surface area contributed by atoms with Crippen LogP contribution < -0.4 is 4.74 Å². The zero-order valence-corrected chi connectivity index (χ0v) is 9.50. The van der Waals surface area contributed by atoms with Crippen LogP contribution in [0.5, 0.6) is 11.5 Å². The van der Waals surface area contributed by atoms with Gasteiger partial charge in [0, 0.05) is 0 Å². The van der Waals surface area contributed by atoms with Crippen LogP contribution in [-0.4, -0.2) is 22.3 Å². The van der Waals surface area contributed by atoms with Gasteiger partial charge in [0.2, 0.25) is 0 Å². The van der Waals surface area contributed by atoms with E-state index < -0.39 is 5.97 Å². The van der Waals surface area contributed by atoms with Crippen molar-refractivity contribution in [3.63, 3.8) is 0 Å². The third-order valence-corrected chi connectivity index (χ3v) is 3.11. The highest BCUT2D eigenvalue weighted by Crippen LogP contribution is 2.28. The summed E-state index contributed by atoms with van der Waals surface area (Å²) in [5, 5.41) is 18.1. The topological polar surface area (TPSA) is 66.8 Å². The summed E-state index contributed by atoms with van der Waals surface area (Å²) in [6, 6.07) is 6.51. The number of phenolic OH excluding ortho intramolecular Hbond substituents is 1. The van der Waals surface area contributed by atoms with Crippen molar-refractivity contribution in [1.29, 1.82) is 0 Å². The first-order chi connectivity index (χ1) is 8.15. The summed E-state index contributed by atoms with van der Waals surface area (Å²) in [5.74, 6) is -0.141. The normalized spacial score (nSPS) is 24.2. The lowest BCUT2D eigenvalue weighted by Gasteiger charge is -2.27. The van der Waals surface area contributed by atoms with Gasteiger partial charge in [-0.2, -0.15) is 0 Å². The quantitative estimate of drug-likeness (QED) is 0.845. The number of hydrogen-bond donors (Lipinski definition) is 2. The molecule has 4 heteroatoms. The number of rotatable bonds is 3. The molecule has 1 aliphatic rings. The van der Waals surface area contributed by atoms with E-state index >= 15 is 0 Å². The van der Waals surface area contributed by atoms with E-state index in [0.29, 0.717) is 12.2 Å². The molecule has 0 radical (unpaired) electrons. The molecule has 2 unspecified atom stereocenters. The third-order valence-electron chi connectivity index (χ3n) is 3.11. The number of hydrogen-bond acceptors (Lipinski definition) is 3. The molecular weight excluding hydrogens is 220 g/mol. The Balaban J connectivity index is 1.94. The van der Waals surface area contributed by atoms with Gasteiger partial charge in [-0.25, -0.2) is 0 Å². The molecule has 0 heterocycles. The van der Waals surface area contributed by atoms with E-state index in [2.05, 4.69) is 0 Å². The number of carbonyl (C=O) groups is 1. The molecule has 2 rings (SSSR count). The molecule has 92 valence electrons. The molecule has 0 amide bonds. The van der Waals surface area contributed by atoms with Gasteiger partial charge < -0.3 is 14.9 Å². The number of aromatic hydroxyl groups is 1. The van der Waals surface area contributed by atoms with E-state index in [-0.39, 0.29) is 17.8 Å². The number of benzene rings is 1. The van der Waals surface area contributed by atoms with E-state index in [4.69, 9.17) is 14.9 Å². The first kappa shape index (κ1) is 11.8. The van der Waals surface area contributed by atoms with Gasteiger partial charge in [-0.15, -0.1) is 0 Å². The van der Waals surface area contributed by atoms with E-state index in [1.54, 1.807) is 24.3 Å². The molecular formula is C13H16O4. The first-order valence-electron chi connectivity index (χ1n) is 5.83. The summed E-state index contributed by atoms with van der Waals surface area (Å²) in [7, 11) is 0. The first-order valence-corrected chi connectivity index (χ1v) is 5.83. The Morgan fingerprint density at radius 3 is 2.59 bits per heavy atom. The van der Waals surface area contributed by atoms with Crippen molar-refractivity contribution in [1.82, 2.24) is 0 Å². The lowest BCUT2D eigenvalue weighted by atomic mass is 9.87. The van der Waals surface area contributed by atoms with E-state index in [1.807, 2.05) is 0 Å². The predicted molar refractivity (Wildman–Crippen MR) is 62.1 cm³/mol. The second-order valence-corrected chi connectivity index (χ2v) is 4.44. The summed E-state index contributed by atoms with van der Waals surface area (Å²) >= 11 is 0. The molecule has 0 aliphatic heterocycles. The molecule has 2 atom stereocenters. The lowest BCUT2D eigenvalue weighted by Crippen LogP contribution is -2.29. The molecule has 17 heavy (non-hydrogen) atoms. The van der Waals surface area contributed by atoms with Crippen molar-refractivity contribution in [3.8, 4) is 11.5 Å². The van der Waals surface area contributed by atoms with Crippen molar-refractivity contribution in [2.24, 2.45) is 5.92 Å². The second kappa shape index (κ2) is 5.08. The minimum absolute atomic E-state index is 0.0330. The van der Waals surface area contributed by atoms with Gasteiger partial charge in [-0.05, 0) is 49.9 Å². The third kappa shape index (κ3) is 3.12. The molecule has 1 aromatic carbocycles. The number of ether oxygens (including phenoxy) is 1.